The van der Waals surface area contributed by atoms with E-state index in [1.165, 1.54) is 31.3 Å². The lowest BCUT2D eigenvalue weighted by molar-refractivity contribution is -0.119. The van der Waals surface area contributed by atoms with E-state index in [1.54, 1.807) is 48.2 Å². The lowest BCUT2D eigenvalue weighted by Crippen LogP contribution is -2.26. The van der Waals surface area contributed by atoms with Crippen LogP contribution >= 0.6 is 11.8 Å². The van der Waals surface area contributed by atoms with Gasteiger partial charge in [0.05, 0.1) is 16.1 Å². The van der Waals surface area contributed by atoms with Crippen LogP contribution in [0, 0.1) is 0 Å². The standard InChI is InChI=1S/C23H22N2O5S2/c1-25(19-10-4-3-5-11-19)32(28,29)21-13-6-8-17(14-21)23(27)30-16-22(26)24-18-9-7-12-20(15-18)31-2/h3-15H,16H2,1-2H3,(H,24,26). The Morgan fingerprint density at radius 2 is 1.69 bits per heavy atom. The fourth-order valence-corrected chi connectivity index (χ4v) is 4.53. The van der Waals surface area contributed by atoms with Crippen LogP contribution < -0.4 is 9.62 Å². The van der Waals surface area contributed by atoms with E-state index >= 15 is 0 Å². The molecular formula is C23H22N2O5S2. The number of esters is 1. The van der Waals surface area contributed by atoms with Crippen molar-refractivity contribution >= 4 is 45.0 Å². The van der Waals surface area contributed by atoms with Gasteiger partial charge in [-0.15, -0.1) is 11.8 Å². The summed E-state index contributed by atoms with van der Waals surface area (Å²) in [5.74, 6) is -1.29. The summed E-state index contributed by atoms with van der Waals surface area (Å²) in [6.07, 6.45) is 1.93. The van der Waals surface area contributed by atoms with Crippen molar-refractivity contribution in [2.45, 2.75) is 9.79 Å². The lowest BCUT2D eigenvalue weighted by Gasteiger charge is -2.19. The summed E-state index contributed by atoms with van der Waals surface area (Å²) in [5.41, 5.74) is 1.11. The molecule has 3 aromatic carbocycles. The molecule has 0 saturated heterocycles. The van der Waals surface area contributed by atoms with Crippen LogP contribution in [-0.2, 0) is 19.6 Å². The zero-order valence-corrected chi connectivity index (χ0v) is 19.2. The van der Waals surface area contributed by atoms with Crippen molar-refractivity contribution in [3.63, 3.8) is 0 Å². The average Bonchev–Trinajstić information content (AvgIpc) is 2.82. The van der Waals surface area contributed by atoms with Crippen LogP contribution in [-0.4, -0.2) is 40.2 Å². The fourth-order valence-electron chi connectivity index (χ4n) is 2.83. The van der Waals surface area contributed by atoms with Crippen molar-refractivity contribution in [3.05, 3.63) is 84.4 Å². The number of ether oxygens (including phenoxy) is 1. The quantitative estimate of drug-likeness (QED) is 0.395. The van der Waals surface area contributed by atoms with Gasteiger partial charge in [-0.05, 0) is 54.8 Å². The highest BCUT2D eigenvalue weighted by Gasteiger charge is 2.23. The maximum Gasteiger partial charge on any atom is 0.338 e. The predicted octanol–water partition coefficient (Wildman–Crippen LogP) is 4.03. The van der Waals surface area contributed by atoms with Crippen LogP contribution in [0.15, 0.2) is 88.7 Å². The number of carbonyl (C=O) groups excluding carboxylic acids is 2. The number of hydrogen-bond donors (Lipinski definition) is 1. The minimum atomic E-state index is -3.88. The van der Waals surface area contributed by atoms with Gasteiger partial charge in [0, 0.05) is 17.6 Å². The summed E-state index contributed by atoms with van der Waals surface area (Å²) in [7, 11) is -2.45. The van der Waals surface area contributed by atoms with E-state index in [0.717, 1.165) is 9.20 Å². The molecule has 0 aliphatic rings. The van der Waals surface area contributed by atoms with Crippen LogP contribution in [0.1, 0.15) is 10.4 Å². The number of nitrogens with one attached hydrogen (secondary N) is 1. The predicted molar refractivity (Wildman–Crippen MR) is 126 cm³/mol. The van der Waals surface area contributed by atoms with Crippen molar-refractivity contribution in [3.8, 4) is 0 Å². The minimum Gasteiger partial charge on any atom is -0.452 e. The molecule has 0 heterocycles. The Balaban J connectivity index is 1.66. The Morgan fingerprint density at radius 1 is 0.969 bits per heavy atom. The number of nitrogens with zero attached hydrogens (tertiary/aromatic N) is 1. The highest BCUT2D eigenvalue weighted by molar-refractivity contribution is 7.98. The molecule has 0 atom stereocenters. The second kappa shape index (κ2) is 10.3. The zero-order chi connectivity index (χ0) is 23.1. The number of sulfonamides is 1. The van der Waals surface area contributed by atoms with Gasteiger partial charge in [-0.2, -0.15) is 0 Å². The average molecular weight is 471 g/mol. The molecule has 3 rings (SSSR count). The van der Waals surface area contributed by atoms with E-state index in [-0.39, 0.29) is 10.5 Å². The van der Waals surface area contributed by atoms with E-state index in [4.69, 9.17) is 4.74 Å². The van der Waals surface area contributed by atoms with Gasteiger partial charge in [0.25, 0.3) is 15.9 Å². The zero-order valence-electron chi connectivity index (χ0n) is 17.5. The molecule has 1 N–H and O–H groups in total. The smallest absolute Gasteiger partial charge is 0.338 e. The van der Waals surface area contributed by atoms with Crippen LogP contribution in [0.5, 0.6) is 0 Å². The van der Waals surface area contributed by atoms with E-state index in [9.17, 15) is 18.0 Å². The Morgan fingerprint density at radius 3 is 2.41 bits per heavy atom. The molecule has 0 aliphatic heterocycles. The second-order valence-electron chi connectivity index (χ2n) is 6.69. The summed E-state index contributed by atoms with van der Waals surface area (Å²) >= 11 is 1.54. The third-order valence-electron chi connectivity index (χ3n) is 4.54. The number of hydrogen-bond acceptors (Lipinski definition) is 6. The molecule has 0 aromatic heterocycles. The molecule has 0 aliphatic carbocycles. The summed E-state index contributed by atoms with van der Waals surface area (Å²) < 4.78 is 32.1. The normalized spacial score (nSPS) is 10.9. The molecule has 0 bridgehead atoms. The van der Waals surface area contributed by atoms with Crippen molar-refractivity contribution in [1.82, 2.24) is 0 Å². The van der Waals surface area contributed by atoms with Gasteiger partial charge in [0.2, 0.25) is 0 Å². The van der Waals surface area contributed by atoms with Crippen molar-refractivity contribution < 1.29 is 22.7 Å². The van der Waals surface area contributed by atoms with E-state index in [0.29, 0.717) is 11.4 Å². The number of anilines is 2. The number of rotatable bonds is 8. The molecule has 0 unspecified atom stereocenters. The van der Waals surface area contributed by atoms with Gasteiger partial charge in [-0.3, -0.25) is 9.10 Å². The van der Waals surface area contributed by atoms with Gasteiger partial charge in [-0.25, -0.2) is 13.2 Å². The molecule has 1 amide bonds. The highest BCUT2D eigenvalue weighted by Crippen LogP contribution is 2.23. The van der Waals surface area contributed by atoms with Gasteiger partial charge >= 0.3 is 5.97 Å². The van der Waals surface area contributed by atoms with Gasteiger partial charge < -0.3 is 10.1 Å². The molecule has 166 valence electrons. The first-order valence-electron chi connectivity index (χ1n) is 9.56. The topological polar surface area (TPSA) is 92.8 Å². The largest absolute Gasteiger partial charge is 0.452 e. The monoisotopic (exact) mass is 470 g/mol. The summed E-state index contributed by atoms with van der Waals surface area (Å²) in [5, 5.41) is 2.66. The number of thioether (sulfide) groups is 1. The first kappa shape index (κ1) is 23.4. The number of para-hydroxylation sites is 1. The molecule has 0 saturated carbocycles. The molecule has 0 radical (unpaired) electrons. The molecular weight excluding hydrogens is 448 g/mol. The Bertz CT molecular complexity index is 1210. The Kier molecular flexibility index (Phi) is 7.55. The molecule has 32 heavy (non-hydrogen) atoms. The summed E-state index contributed by atoms with van der Waals surface area (Å²) in [6, 6.07) is 21.4. The van der Waals surface area contributed by atoms with Crippen LogP contribution in [0.2, 0.25) is 0 Å². The minimum absolute atomic E-state index is 0.0321. The van der Waals surface area contributed by atoms with Crippen molar-refractivity contribution in [2.75, 3.05) is 29.5 Å². The van der Waals surface area contributed by atoms with Gasteiger partial charge in [-0.1, -0.05) is 30.3 Å². The van der Waals surface area contributed by atoms with E-state index < -0.39 is 28.5 Å². The van der Waals surface area contributed by atoms with Gasteiger partial charge in [0.15, 0.2) is 6.61 Å². The van der Waals surface area contributed by atoms with Crippen molar-refractivity contribution in [2.24, 2.45) is 0 Å². The number of amides is 1. The van der Waals surface area contributed by atoms with Crippen LogP contribution in [0.3, 0.4) is 0 Å². The SMILES string of the molecule is CSc1cccc(NC(=O)COC(=O)c2cccc(S(=O)(=O)N(C)c3ccccc3)c2)c1. The number of benzene rings is 3. The summed E-state index contributed by atoms with van der Waals surface area (Å²) in [4.78, 5) is 25.5. The second-order valence-corrected chi connectivity index (χ2v) is 9.54. The first-order chi connectivity index (χ1) is 15.3. The van der Waals surface area contributed by atoms with Gasteiger partial charge in [0.1, 0.15) is 0 Å². The maximum atomic E-state index is 12.9. The molecule has 3 aromatic rings. The molecule has 0 spiro atoms. The summed E-state index contributed by atoms with van der Waals surface area (Å²) in [6.45, 7) is -0.497. The third-order valence-corrected chi connectivity index (χ3v) is 7.04. The Hall–Kier alpha value is -3.30. The third kappa shape index (κ3) is 5.68. The maximum absolute atomic E-state index is 12.9. The Labute approximate surface area is 191 Å². The number of carbonyl (C=O) groups is 2. The van der Waals surface area contributed by atoms with Crippen LogP contribution in [0.4, 0.5) is 11.4 Å². The first-order valence-corrected chi connectivity index (χ1v) is 12.2. The highest BCUT2D eigenvalue weighted by atomic mass is 32.2. The van der Waals surface area contributed by atoms with E-state index in [2.05, 4.69) is 5.32 Å². The van der Waals surface area contributed by atoms with E-state index in [1.807, 2.05) is 24.5 Å². The lowest BCUT2D eigenvalue weighted by atomic mass is 10.2. The molecule has 9 heteroatoms. The fraction of sp³-hybridized carbons (Fsp3) is 0.130. The van der Waals surface area contributed by atoms with Crippen LogP contribution in [0.25, 0.3) is 0 Å². The van der Waals surface area contributed by atoms with Crippen molar-refractivity contribution in [1.29, 1.82) is 0 Å². The molecule has 0 fully saturated rings. The molecule has 7 nitrogen and oxygen atoms in total.